The van der Waals surface area contributed by atoms with Crippen LogP contribution in [0.1, 0.15) is 18.1 Å². The van der Waals surface area contributed by atoms with E-state index in [2.05, 4.69) is 5.32 Å². The maximum absolute atomic E-state index is 11.5. The van der Waals surface area contributed by atoms with Gasteiger partial charge in [-0.2, -0.15) is 0 Å². The number of aliphatic carboxylic acids is 1. The Labute approximate surface area is 112 Å². The molecule has 1 atom stereocenters. The lowest BCUT2D eigenvalue weighted by atomic mass is 10.1. The van der Waals surface area contributed by atoms with Crippen molar-refractivity contribution in [3.63, 3.8) is 0 Å². The molecule has 0 saturated carbocycles. The van der Waals surface area contributed by atoms with E-state index in [1.165, 1.54) is 5.56 Å². The first-order valence-electron chi connectivity index (χ1n) is 6.09. The molecule has 5 nitrogen and oxygen atoms in total. The molecule has 0 aliphatic heterocycles. The number of aryl methyl sites for hydroxylation is 2. The van der Waals surface area contributed by atoms with Crippen LogP contribution in [0.4, 0.5) is 0 Å². The van der Waals surface area contributed by atoms with Crippen molar-refractivity contribution < 1.29 is 19.4 Å². The van der Waals surface area contributed by atoms with Crippen LogP contribution in [0.5, 0.6) is 5.75 Å². The van der Waals surface area contributed by atoms with Gasteiger partial charge >= 0.3 is 5.97 Å². The molecule has 0 radical (unpaired) electrons. The van der Waals surface area contributed by atoms with Gasteiger partial charge in [-0.05, 0) is 37.1 Å². The fourth-order valence-corrected chi connectivity index (χ4v) is 1.44. The molecule has 2 N–H and O–H groups in total. The number of carboxylic acids is 1. The summed E-state index contributed by atoms with van der Waals surface area (Å²) in [6, 6.07) is 5.72. The number of nitrogens with one attached hydrogen (secondary N) is 1. The van der Waals surface area contributed by atoms with E-state index in [1.807, 2.05) is 32.0 Å². The van der Waals surface area contributed by atoms with E-state index in [-0.39, 0.29) is 19.1 Å². The van der Waals surface area contributed by atoms with Gasteiger partial charge in [-0.1, -0.05) is 13.0 Å². The minimum atomic E-state index is -1.06. The Balaban J connectivity index is 2.44. The zero-order valence-electron chi connectivity index (χ0n) is 11.4. The molecule has 0 heterocycles. The van der Waals surface area contributed by atoms with Gasteiger partial charge in [0.25, 0.3) is 0 Å². The Morgan fingerprint density at radius 2 is 2.00 bits per heavy atom. The molecular formula is C14H19NO4. The van der Waals surface area contributed by atoms with Crippen LogP contribution in [0.15, 0.2) is 18.2 Å². The first-order chi connectivity index (χ1) is 8.90. The number of hydrogen-bond acceptors (Lipinski definition) is 3. The second-order valence-corrected chi connectivity index (χ2v) is 4.57. The van der Waals surface area contributed by atoms with Crippen molar-refractivity contribution in [3.05, 3.63) is 29.3 Å². The first-order valence-corrected chi connectivity index (χ1v) is 6.09. The summed E-state index contributed by atoms with van der Waals surface area (Å²) in [5.41, 5.74) is 2.31. The molecule has 19 heavy (non-hydrogen) atoms. The molecule has 5 heteroatoms. The second kappa shape index (κ2) is 6.78. The Bertz CT molecular complexity index is 471. The second-order valence-electron chi connectivity index (χ2n) is 4.57. The predicted molar refractivity (Wildman–Crippen MR) is 71.2 cm³/mol. The molecule has 0 aliphatic carbocycles. The van der Waals surface area contributed by atoms with Gasteiger partial charge in [-0.25, -0.2) is 0 Å². The van der Waals surface area contributed by atoms with Gasteiger partial charge in [0.2, 0.25) is 5.91 Å². The zero-order chi connectivity index (χ0) is 14.4. The summed E-state index contributed by atoms with van der Waals surface area (Å²) in [4.78, 5) is 21.9. The van der Waals surface area contributed by atoms with Crippen molar-refractivity contribution in [2.24, 2.45) is 5.92 Å². The summed E-state index contributed by atoms with van der Waals surface area (Å²) in [5.74, 6) is -1.08. The van der Waals surface area contributed by atoms with Crippen molar-refractivity contribution in [2.75, 3.05) is 13.2 Å². The molecule has 1 amide bonds. The number of carboxylic acid groups (broad SMARTS) is 1. The highest BCUT2D eigenvalue weighted by atomic mass is 16.5. The quantitative estimate of drug-likeness (QED) is 0.817. The molecule has 0 fully saturated rings. The van der Waals surface area contributed by atoms with Gasteiger partial charge in [-0.15, -0.1) is 0 Å². The maximum atomic E-state index is 11.5. The Morgan fingerprint density at radius 1 is 1.32 bits per heavy atom. The SMILES string of the molecule is Cc1ccc(OCC(C)C(=O)NCC(=O)O)cc1C. The number of hydrogen-bond donors (Lipinski definition) is 2. The lowest BCUT2D eigenvalue weighted by Crippen LogP contribution is -2.35. The standard InChI is InChI=1S/C14H19NO4/c1-9-4-5-12(6-10(9)2)19-8-11(3)14(18)15-7-13(16)17/h4-6,11H,7-8H2,1-3H3,(H,15,18)(H,16,17). The van der Waals surface area contributed by atoms with Crippen LogP contribution >= 0.6 is 0 Å². The predicted octanol–water partition coefficient (Wildman–Crippen LogP) is 1.52. The van der Waals surface area contributed by atoms with Gasteiger partial charge in [0.05, 0.1) is 12.5 Å². The third-order valence-corrected chi connectivity index (χ3v) is 2.84. The lowest BCUT2D eigenvalue weighted by molar-refractivity contribution is -0.138. The van der Waals surface area contributed by atoms with Crippen LogP contribution in [0.3, 0.4) is 0 Å². The molecule has 104 valence electrons. The number of ether oxygens (including phenoxy) is 1. The van der Waals surface area contributed by atoms with E-state index in [1.54, 1.807) is 6.92 Å². The Kier molecular flexibility index (Phi) is 5.36. The average molecular weight is 265 g/mol. The highest BCUT2D eigenvalue weighted by Gasteiger charge is 2.14. The highest BCUT2D eigenvalue weighted by Crippen LogP contribution is 2.17. The van der Waals surface area contributed by atoms with E-state index < -0.39 is 11.9 Å². The van der Waals surface area contributed by atoms with Crippen LogP contribution in [-0.2, 0) is 9.59 Å². The summed E-state index contributed by atoms with van der Waals surface area (Å²) in [6.45, 7) is 5.55. The topological polar surface area (TPSA) is 75.6 Å². The van der Waals surface area contributed by atoms with Crippen molar-refractivity contribution in [1.29, 1.82) is 0 Å². The third kappa shape index (κ3) is 4.99. The summed E-state index contributed by atoms with van der Waals surface area (Å²) >= 11 is 0. The highest BCUT2D eigenvalue weighted by molar-refractivity contribution is 5.82. The molecule has 0 spiro atoms. The molecule has 1 aromatic rings. The molecular weight excluding hydrogens is 246 g/mol. The number of carbonyl (C=O) groups excluding carboxylic acids is 1. The third-order valence-electron chi connectivity index (χ3n) is 2.84. The van der Waals surface area contributed by atoms with Crippen molar-refractivity contribution in [2.45, 2.75) is 20.8 Å². The number of amides is 1. The van der Waals surface area contributed by atoms with Crippen LogP contribution < -0.4 is 10.1 Å². The van der Waals surface area contributed by atoms with Gasteiger partial charge in [-0.3, -0.25) is 9.59 Å². The molecule has 1 aromatic carbocycles. The minimum absolute atomic E-state index is 0.216. The number of benzene rings is 1. The zero-order valence-corrected chi connectivity index (χ0v) is 11.4. The lowest BCUT2D eigenvalue weighted by Gasteiger charge is -2.13. The smallest absolute Gasteiger partial charge is 0.322 e. The fraction of sp³-hybridized carbons (Fsp3) is 0.429. The maximum Gasteiger partial charge on any atom is 0.322 e. The van der Waals surface area contributed by atoms with Crippen molar-refractivity contribution in [3.8, 4) is 5.75 Å². The number of carbonyl (C=O) groups is 2. The van der Waals surface area contributed by atoms with E-state index in [4.69, 9.17) is 9.84 Å². The summed E-state index contributed by atoms with van der Waals surface area (Å²) in [5, 5.41) is 10.8. The summed E-state index contributed by atoms with van der Waals surface area (Å²) in [6.07, 6.45) is 0. The van der Waals surface area contributed by atoms with E-state index in [0.29, 0.717) is 5.75 Å². The fourth-order valence-electron chi connectivity index (χ4n) is 1.44. The summed E-state index contributed by atoms with van der Waals surface area (Å²) < 4.78 is 5.52. The largest absolute Gasteiger partial charge is 0.493 e. The monoisotopic (exact) mass is 265 g/mol. The van der Waals surface area contributed by atoms with Crippen molar-refractivity contribution >= 4 is 11.9 Å². The van der Waals surface area contributed by atoms with E-state index in [9.17, 15) is 9.59 Å². The molecule has 0 bridgehead atoms. The van der Waals surface area contributed by atoms with Crippen molar-refractivity contribution in [1.82, 2.24) is 5.32 Å². The van der Waals surface area contributed by atoms with Gasteiger partial charge in [0.1, 0.15) is 12.3 Å². The first kappa shape index (κ1) is 15.0. The molecule has 0 aromatic heterocycles. The molecule has 1 unspecified atom stereocenters. The van der Waals surface area contributed by atoms with E-state index in [0.717, 1.165) is 5.56 Å². The number of rotatable bonds is 6. The molecule has 0 saturated heterocycles. The minimum Gasteiger partial charge on any atom is -0.493 e. The van der Waals surface area contributed by atoms with Crippen LogP contribution in [-0.4, -0.2) is 30.1 Å². The van der Waals surface area contributed by atoms with Crippen LogP contribution in [0.2, 0.25) is 0 Å². The Hall–Kier alpha value is -2.04. The molecule has 0 aliphatic rings. The van der Waals surface area contributed by atoms with Gasteiger partial charge in [0.15, 0.2) is 0 Å². The van der Waals surface area contributed by atoms with Crippen LogP contribution in [0, 0.1) is 19.8 Å². The van der Waals surface area contributed by atoms with E-state index >= 15 is 0 Å². The van der Waals surface area contributed by atoms with Crippen LogP contribution in [0.25, 0.3) is 0 Å². The Morgan fingerprint density at radius 3 is 2.58 bits per heavy atom. The van der Waals surface area contributed by atoms with Gasteiger partial charge in [0, 0.05) is 0 Å². The van der Waals surface area contributed by atoms with Gasteiger partial charge < -0.3 is 15.2 Å². The molecule has 1 rings (SSSR count). The summed E-state index contributed by atoms with van der Waals surface area (Å²) in [7, 11) is 0. The average Bonchev–Trinajstić information content (AvgIpc) is 2.36. The normalized spacial score (nSPS) is 11.7.